The first kappa shape index (κ1) is 6.74. The fraction of sp³-hybridized carbons (Fsp3) is 0.500. The molecule has 0 bridgehead atoms. The molecule has 1 aliphatic heterocycles. The van der Waals surface area contributed by atoms with Crippen molar-refractivity contribution in [3.63, 3.8) is 0 Å². The molecule has 0 unspecified atom stereocenters. The van der Waals surface area contributed by atoms with E-state index in [-0.39, 0.29) is 0 Å². The Kier molecular flexibility index (Phi) is 1.75. The lowest BCUT2D eigenvalue weighted by Gasteiger charge is -2.08. The first-order chi connectivity index (χ1) is 4.86. The molecular weight excluding hydrogens is 160 g/mol. The quantitative estimate of drug-likeness (QED) is 0.577. The molecule has 0 nitrogen and oxygen atoms in total. The van der Waals surface area contributed by atoms with Crippen LogP contribution in [0.4, 0.5) is 0 Å². The van der Waals surface area contributed by atoms with Crippen LogP contribution in [0.5, 0.6) is 0 Å². The molecule has 0 aromatic carbocycles. The summed E-state index contributed by atoms with van der Waals surface area (Å²) in [6, 6.07) is 2.34. The number of thioether (sulfide) groups is 1. The summed E-state index contributed by atoms with van der Waals surface area (Å²) in [5, 5.41) is 0. The van der Waals surface area contributed by atoms with Crippen LogP contribution >= 0.6 is 23.1 Å². The molecule has 0 spiro atoms. The third kappa shape index (κ3) is 1.10. The van der Waals surface area contributed by atoms with Gasteiger partial charge in [0.2, 0.25) is 0 Å². The molecule has 0 radical (unpaired) electrons. The van der Waals surface area contributed by atoms with Crippen LogP contribution in [0.1, 0.15) is 15.3 Å². The standard InChI is InChI=1S/C8H10S2/c1-6-4-7-5-9-3-2-8(7)10-6/h4H,2-3,5H2,1H3. The monoisotopic (exact) mass is 170 g/mol. The van der Waals surface area contributed by atoms with Crippen molar-refractivity contribution < 1.29 is 0 Å². The summed E-state index contributed by atoms with van der Waals surface area (Å²) in [5.74, 6) is 2.58. The van der Waals surface area contributed by atoms with Gasteiger partial charge in [0.05, 0.1) is 0 Å². The summed E-state index contributed by atoms with van der Waals surface area (Å²) in [5.41, 5.74) is 1.60. The Bertz CT molecular complexity index is 214. The molecule has 0 fully saturated rings. The second-order valence-corrected chi connectivity index (χ2v) is 5.05. The number of fused-ring (bicyclic) bond motifs is 1. The van der Waals surface area contributed by atoms with Crippen molar-refractivity contribution in [3.05, 3.63) is 21.4 Å². The fourth-order valence-corrected chi connectivity index (χ4v) is 3.54. The van der Waals surface area contributed by atoms with E-state index >= 15 is 0 Å². The topological polar surface area (TPSA) is 0 Å². The van der Waals surface area contributed by atoms with Gasteiger partial charge in [0.1, 0.15) is 0 Å². The Labute approximate surface area is 69.6 Å². The maximum Gasteiger partial charge on any atom is 0.0195 e. The summed E-state index contributed by atoms with van der Waals surface area (Å²) in [6.45, 7) is 2.20. The SMILES string of the molecule is Cc1cc2c(s1)CCSC2. The van der Waals surface area contributed by atoms with E-state index in [2.05, 4.69) is 24.8 Å². The van der Waals surface area contributed by atoms with E-state index in [4.69, 9.17) is 0 Å². The smallest absolute Gasteiger partial charge is 0.0195 e. The van der Waals surface area contributed by atoms with Crippen molar-refractivity contribution in [2.45, 2.75) is 19.1 Å². The fourth-order valence-electron chi connectivity index (χ4n) is 1.30. The zero-order valence-electron chi connectivity index (χ0n) is 6.02. The maximum absolute atomic E-state index is 2.34. The number of aryl methyl sites for hydroxylation is 2. The van der Waals surface area contributed by atoms with Gasteiger partial charge in [-0.25, -0.2) is 0 Å². The third-order valence-corrected chi connectivity index (χ3v) is 3.91. The van der Waals surface area contributed by atoms with Crippen LogP contribution in [0, 0.1) is 6.92 Å². The Morgan fingerprint density at radius 2 is 2.40 bits per heavy atom. The lowest BCUT2D eigenvalue weighted by atomic mass is 10.2. The lowest BCUT2D eigenvalue weighted by molar-refractivity contribution is 1.13. The van der Waals surface area contributed by atoms with Crippen molar-refractivity contribution >= 4 is 23.1 Å². The molecule has 0 N–H and O–H groups in total. The number of hydrogen-bond donors (Lipinski definition) is 0. The van der Waals surface area contributed by atoms with Gasteiger partial charge in [0.25, 0.3) is 0 Å². The van der Waals surface area contributed by atoms with Gasteiger partial charge in [0.15, 0.2) is 0 Å². The highest BCUT2D eigenvalue weighted by Crippen LogP contribution is 2.30. The molecule has 2 heteroatoms. The molecule has 0 saturated heterocycles. The Morgan fingerprint density at radius 1 is 1.50 bits per heavy atom. The van der Waals surface area contributed by atoms with E-state index in [1.165, 1.54) is 22.8 Å². The first-order valence-electron chi connectivity index (χ1n) is 3.52. The van der Waals surface area contributed by atoms with Crippen molar-refractivity contribution in [1.29, 1.82) is 0 Å². The Balaban J connectivity index is 2.41. The Morgan fingerprint density at radius 3 is 3.20 bits per heavy atom. The van der Waals surface area contributed by atoms with Gasteiger partial charge < -0.3 is 0 Å². The molecule has 1 aromatic rings. The predicted molar refractivity (Wildman–Crippen MR) is 48.9 cm³/mol. The van der Waals surface area contributed by atoms with E-state index in [0.29, 0.717) is 0 Å². The minimum Gasteiger partial charge on any atom is -0.157 e. The normalized spacial score (nSPS) is 16.9. The van der Waals surface area contributed by atoms with Gasteiger partial charge in [-0.1, -0.05) is 0 Å². The van der Waals surface area contributed by atoms with E-state index in [9.17, 15) is 0 Å². The Hall–Kier alpha value is 0.0500. The van der Waals surface area contributed by atoms with E-state index in [1.54, 1.807) is 10.4 Å². The number of hydrogen-bond acceptors (Lipinski definition) is 2. The van der Waals surface area contributed by atoms with Gasteiger partial charge in [0, 0.05) is 15.5 Å². The largest absolute Gasteiger partial charge is 0.157 e. The molecule has 54 valence electrons. The minimum atomic E-state index is 1.25. The molecule has 10 heavy (non-hydrogen) atoms. The van der Waals surface area contributed by atoms with Gasteiger partial charge in [-0.2, -0.15) is 11.8 Å². The second-order valence-electron chi connectivity index (χ2n) is 2.61. The predicted octanol–water partition coefficient (Wildman–Crippen LogP) is 2.85. The van der Waals surface area contributed by atoms with Crippen molar-refractivity contribution in [3.8, 4) is 0 Å². The van der Waals surface area contributed by atoms with E-state index in [1.807, 2.05) is 11.3 Å². The van der Waals surface area contributed by atoms with Crippen LogP contribution < -0.4 is 0 Å². The van der Waals surface area contributed by atoms with Gasteiger partial charge >= 0.3 is 0 Å². The number of thiophene rings is 1. The molecule has 0 aliphatic carbocycles. The van der Waals surface area contributed by atoms with Gasteiger partial charge in [-0.3, -0.25) is 0 Å². The zero-order chi connectivity index (χ0) is 6.97. The summed E-state index contributed by atoms with van der Waals surface area (Å²) in [4.78, 5) is 3.11. The third-order valence-electron chi connectivity index (χ3n) is 1.75. The molecule has 2 rings (SSSR count). The summed E-state index contributed by atoms with van der Waals surface area (Å²) in [7, 11) is 0. The van der Waals surface area contributed by atoms with Gasteiger partial charge in [-0.05, 0) is 30.7 Å². The zero-order valence-corrected chi connectivity index (χ0v) is 7.65. The van der Waals surface area contributed by atoms with Crippen LogP contribution in [-0.2, 0) is 12.2 Å². The van der Waals surface area contributed by atoms with Crippen LogP contribution in [0.3, 0.4) is 0 Å². The van der Waals surface area contributed by atoms with Crippen molar-refractivity contribution in [2.24, 2.45) is 0 Å². The lowest BCUT2D eigenvalue weighted by Crippen LogP contribution is -1.96. The summed E-state index contributed by atoms with van der Waals surface area (Å²) >= 11 is 4.03. The molecule has 1 aromatic heterocycles. The van der Waals surface area contributed by atoms with E-state index in [0.717, 1.165) is 0 Å². The molecular formula is C8H10S2. The van der Waals surface area contributed by atoms with Gasteiger partial charge in [-0.15, -0.1) is 11.3 Å². The molecule has 2 heterocycles. The molecule has 0 saturated carbocycles. The number of rotatable bonds is 0. The minimum absolute atomic E-state index is 1.25. The highest BCUT2D eigenvalue weighted by atomic mass is 32.2. The van der Waals surface area contributed by atoms with E-state index < -0.39 is 0 Å². The molecule has 0 amide bonds. The highest BCUT2D eigenvalue weighted by Gasteiger charge is 2.10. The van der Waals surface area contributed by atoms with Crippen molar-refractivity contribution in [1.82, 2.24) is 0 Å². The first-order valence-corrected chi connectivity index (χ1v) is 5.49. The second kappa shape index (κ2) is 2.59. The summed E-state index contributed by atoms with van der Waals surface area (Å²) < 4.78 is 0. The average Bonchev–Trinajstić information content (AvgIpc) is 2.27. The molecule has 1 aliphatic rings. The van der Waals surface area contributed by atoms with Crippen molar-refractivity contribution in [2.75, 3.05) is 5.75 Å². The summed E-state index contributed by atoms with van der Waals surface area (Å²) in [6.07, 6.45) is 1.30. The van der Waals surface area contributed by atoms with Crippen LogP contribution in [0.15, 0.2) is 6.07 Å². The van der Waals surface area contributed by atoms with Crippen LogP contribution in [0.2, 0.25) is 0 Å². The average molecular weight is 170 g/mol. The molecule has 0 atom stereocenters. The highest BCUT2D eigenvalue weighted by molar-refractivity contribution is 7.98. The van der Waals surface area contributed by atoms with Crippen LogP contribution in [-0.4, -0.2) is 5.75 Å². The van der Waals surface area contributed by atoms with Crippen LogP contribution in [0.25, 0.3) is 0 Å². The maximum atomic E-state index is 2.34.